The Hall–Kier alpha value is -2.40. The van der Waals surface area contributed by atoms with Crippen LogP contribution in [0.3, 0.4) is 0 Å². The third-order valence-electron chi connectivity index (χ3n) is 2.00. The third-order valence-corrected chi connectivity index (χ3v) is 2.57. The monoisotopic (exact) mass is 248 g/mol. The van der Waals surface area contributed by atoms with E-state index in [0.29, 0.717) is 11.8 Å². The lowest BCUT2D eigenvalue weighted by Crippen LogP contribution is -2.19. The van der Waals surface area contributed by atoms with Gasteiger partial charge in [0.15, 0.2) is 5.03 Å². The van der Waals surface area contributed by atoms with Crippen LogP contribution in [0.2, 0.25) is 0 Å². The van der Waals surface area contributed by atoms with Crippen LogP contribution in [0.25, 0.3) is 5.65 Å². The highest BCUT2D eigenvalue weighted by Gasteiger charge is 2.23. The van der Waals surface area contributed by atoms with Gasteiger partial charge in [-0.05, 0) is 12.1 Å². The molecule has 0 saturated carbocycles. The van der Waals surface area contributed by atoms with Gasteiger partial charge >= 0.3 is 11.2 Å². The Morgan fingerprint density at radius 2 is 2.29 bits per heavy atom. The average Bonchev–Trinajstić information content (AvgIpc) is 2.29. The topological polar surface area (TPSA) is 101 Å². The standard InChI is InChI=1S/C9H4N4O3S/c10-5-17-8-7(13(15)16)9(14)12-4-2-1-3-6(12)11-8/h1-4H. The van der Waals surface area contributed by atoms with Crippen LogP contribution in [0.15, 0.2) is 34.2 Å². The SMILES string of the molecule is N#CSc1nc2ccccn2c(=O)c1[N+](=O)[O-]. The van der Waals surface area contributed by atoms with E-state index in [1.54, 1.807) is 17.5 Å². The van der Waals surface area contributed by atoms with Crippen molar-refractivity contribution < 1.29 is 4.92 Å². The van der Waals surface area contributed by atoms with Gasteiger partial charge in [-0.2, -0.15) is 5.26 Å². The fourth-order valence-electron chi connectivity index (χ4n) is 1.33. The molecule has 7 nitrogen and oxygen atoms in total. The van der Waals surface area contributed by atoms with Crippen LogP contribution in [0.1, 0.15) is 0 Å². The van der Waals surface area contributed by atoms with Crippen molar-refractivity contribution in [1.29, 1.82) is 5.26 Å². The average molecular weight is 248 g/mol. The van der Waals surface area contributed by atoms with E-state index in [-0.39, 0.29) is 10.7 Å². The summed E-state index contributed by atoms with van der Waals surface area (Å²) in [6.45, 7) is 0. The van der Waals surface area contributed by atoms with Crippen LogP contribution >= 0.6 is 11.8 Å². The largest absolute Gasteiger partial charge is 0.367 e. The molecule has 0 unspecified atom stereocenters. The lowest BCUT2D eigenvalue weighted by molar-refractivity contribution is -0.389. The normalized spacial score (nSPS) is 10.1. The molecule has 2 aromatic rings. The van der Waals surface area contributed by atoms with Crippen molar-refractivity contribution in [1.82, 2.24) is 9.38 Å². The number of aromatic nitrogens is 2. The molecule has 2 aromatic heterocycles. The highest BCUT2D eigenvalue weighted by molar-refractivity contribution is 8.03. The summed E-state index contributed by atoms with van der Waals surface area (Å²) < 4.78 is 1.07. The van der Waals surface area contributed by atoms with Gasteiger partial charge in [-0.1, -0.05) is 6.07 Å². The predicted octanol–water partition coefficient (Wildman–Crippen LogP) is 1.18. The third kappa shape index (κ3) is 1.83. The molecule has 8 heteroatoms. The van der Waals surface area contributed by atoms with Gasteiger partial charge in [0, 0.05) is 18.0 Å². The molecule has 0 saturated heterocycles. The molecule has 0 bridgehead atoms. The van der Waals surface area contributed by atoms with Crippen molar-refractivity contribution >= 4 is 23.1 Å². The summed E-state index contributed by atoms with van der Waals surface area (Å²) in [4.78, 5) is 25.7. The van der Waals surface area contributed by atoms with E-state index in [1.165, 1.54) is 12.3 Å². The van der Waals surface area contributed by atoms with Gasteiger partial charge < -0.3 is 0 Å². The number of nitro groups is 1. The molecular formula is C9H4N4O3S. The van der Waals surface area contributed by atoms with Crippen LogP contribution in [0, 0.1) is 20.8 Å². The summed E-state index contributed by atoms with van der Waals surface area (Å²) in [5.74, 6) is 0. The first-order chi connectivity index (χ1) is 8.15. The van der Waals surface area contributed by atoms with Crippen molar-refractivity contribution in [3.63, 3.8) is 0 Å². The van der Waals surface area contributed by atoms with Crippen molar-refractivity contribution in [2.24, 2.45) is 0 Å². The highest BCUT2D eigenvalue weighted by atomic mass is 32.2. The number of thioether (sulfide) groups is 1. The Morgan fingerprint density at radius 3 is 2.94 bits per heavy atom. The second-order valence-electron chi connectivity index (χ2n) is 2.95. The highest BCUT2D eigenvalue weighted by Crippen LogP contribution is 2.23. The number of thiocyanates is 1. The van der Waals surface area contributed by atoms with Crippen molar-refractivity contribution in [3.05, 3.63) is 44.9 Å². The molecule has 0 aliphatic rings. The van der Waals surface area contributed by atoms with Gasteiger partial charge in [0.1, 0.15) is 11.0 Å². The van der Waals surface area contributed by atoms with Gasteiger partial charge in [0.05, 0.1) is 4.92 Å². The zero-order valence-electron chi connectivity index (χ0n) is 8.23. The van der Waals surface area contributed by atoms with Gasteiger partial charge in [-0.3, -0.25) is 19.3 Å². The molecule has 2 rings (SSSR count). The molecule has 0 fully saturated rings. The Morgan fingerprint density at radius 1 is 1.53 bits per heavy atom. The maximum atomic E-state index is 11.8. The Kier molecular flexibility index (Phi) is 2.76. The fraction of sp³-hybridized carbons (Fsp3) is 0. The van der Waals surface area contributed by atoms with Crippen LogP contribution in [-0.4, -0.2) is 14.3 Å². The van der Waals surface area contributed by atoms with Crippen molar-refractivity contribution in [2.45, 2.75) is 5.03 Å². The van der Waals surface area contributed by atoms with E-state index < -0.39 is 16.2 Å². The quantitative estimate of drug-likeness (QED) is 0.260. The number of hydrogen-bond donors (Lipinski definition) is 0. The van der Waals surface area contributed by atoms with E-state index in [9.17, 15) is 14.9 Å². The number of fused-ring (bicyclic) bond motifs is 1. The molecule has 0 N–H and O–H groups in total. The maximum Gasteiger partial charge on any atom is 0.367 e. The summed E-state index contributed by atoms with van der Waals surface area (Å²) in [6.07, 6.45) is 1.39. The molecule has 0 aromatic carbocycles. The van der Waals surface area contributed by atoms with Crippen LogP contribution in [0.5, 0.6) is 0 Å². The number of rotatable bonds is 2. The molecule has 2 heterocycles. The first-order valence-corrected chi connectivity index (χ1v) is 5.18. The van der Waals surface area contributed by atoms with E-state index in [0.717, 1.165) is 4.40 Å². The molecule has 0 atom stereocenters. The smallest absolute Gasteiger partial charge is 0.262 e. The summed E-state index contributed by atoms with van der Waals surface area (Å²) in [5.41, 5.74) is -1.21. The minimum atomic E-state index is -0.825. The Labute approximate surface area is 98.5 Å². The fourth-order valence-corrected chi connectivity index (χ4v) is 1.81. The summed E-state index contributed by atoms with van der Waals surface area (Å²) in [6, 6.07) is 4.75. The first-order valence-electron chi connectivity index (χ1n) is 4.37. The molecule has 0 spiro atoms. The molecule has 17 heavy (non-hydrogen) atoms. The van der Waals surface area contributed by atoms with Crippen molar-refractivity contribution in [2.75, 3.05) is 0 Å². The summed E-state index contributed by atoms with van der Waals surface area (Å²) >= 11 is 0.499. The number of hydrogen-bond acceptors (Lipinski definition) is 6. The van der Waals surface area contributed by atoms with Gasteiger partial charge in [0.25, 0.3) is 0 Å². The Bertz CT molecular complexity index is 703. The van der Waals surface area contributed by atoms with E-state index in [4.69, 9.17) is 5.26 Å². The lowest BCUT2D eigenvalue weighted by Gasteiger charge is -2.01. The molecule has 84 valence electrons. The summed E-state index contributed by atoms with van der Waals surface area (Å²) in [5, 5.41) is 20.8. The minimum absolute atomic E-state index is 0.186. The van der Waals surface area contributed by atoms with Crippen molar-refractivity contribution in [3.8, 4) is 5.40 Å². The molecular weight excluding hydrogens is 244 g/mol. The van der Waals surface area contributed by atoms with E-state index in [1.807, 2.05) is 0 Å². The van der Waals surface area contributed by atoms with Gasteiger partial charge in [-0.15, -0.1) is 0 Å². The summed E-state index contributed by atoms with van der Waals surface area (Å²) in [7, 11) is 0. The number of nitrogens with zero attached hydrogens (tertiary/aromatic N) is 4. The van der Waals surface area contributed by atoms with Crippen LogP contribution < -0.4 is 5.56 Å². The van der Waals surface area contributed by atoms with Gasteiger partial charge in [-0.25, -0.2) is 4.98 Å². The second kappa shape index (κ2) is 4.23. The van der Waals surface area contributed by atoms with Gasteiger partial charge in [0.2, 0.25) is 0 Å². The van der Waals surface area contributed by atoms with E-state index in [2.05, 4.69) is 4.98 Å². The minimum Gasteiger partial charge on any atom is -0.262 e. The van der Waals surface area contributed by atoms with Crippen LogP contribution in [-0.2, 0) is 0 Å². The lowest BCUT2D eigenvalue weighted by atomic mass is 10.4. The molecule has 0 aliphatic carbocycles. The molecule has 0 aliphatic heterocycles. The number of pyridine rings is 1. The van der Waals surface area contributed by atoms with Crippen LogP contribution in [0.4, 0.5) is 5.69 Å². The molecule has 0 radical (unpaired) electrons. The second-order valence-corrected chi connectivity index (χ2v) is 3.72. The maximum absolute atomic E-state index is 11.8. The zero-order valence-corrected chi connectivity index (χ0v) is 9.05. The predicted molar refractivity (Wildman–Crippen MR) is 59.6 cm³/mol. The van der Waals surface area contributed by atoms with E-state index >= 15 is 0 Å². The Balaban J connectivity index is 2.90. The zero-order chi connectivity index (χ0) is 12.4. The molecule has 0 amide bonds. The number of nitriles is 1. The first kappa shape index (κ1) is 11.1.